The number of carbonyl (C=O) groups is 1. The smallest absolute Gasteiger partial charge is 0.267 e. The van der Waals surface area contributed by atoms with Crippen molar-refractivity contribution in [1.82, 2.24) is 14.5 Å². The minimum atomic E-state index is 0.0333. The Morgan fingerprint density at radius 2 is 1.93 bits per heavy atom. The summed E-state index contributed by atoms with van der Waals surface area (Å²) < 4.78 is 9.33. The van der Waals surface area contributed by atoms with Gasteiger partial charge in [0.2, 0.25) is 0 Å². The van der Waals surface area contributed by atoms with Crippen LogP contribution in [0.15, 0.2) is 54.6 Å². The summed E-state index contributed by atoms with van der Waals surface area (Å²) in [6, 6.07) is 18.2. The van der Waals surface area contributed by atoms with Crippen LogP contribution in [0.25, 0.3) is 11.3 Å². The van der Waals surface area contributed by atoms with Gasteiger partial charge < -0.3 is 9.64 Å². The summed E-state index contributed by atoms with van der Waals surface area (Å²) in [7, 11) is 1.63. The molecule has 3 aromatic rings. The van der Waals surface area contributed by atoms with Gasteiger partial charge in [0.1, 0.15) is 16.3 Å². The molecule has 1 amide bonds. The van der Waals surface area contributed by atoms with Crippen LogP contribution in [0, 0.1) is 5.92 Å². The number of aromatic nitrogens is 2. The molecule has 1 fully saturated rings. The van der Waals surface area contributed by atoms with Gasteiger partial charge in [-0.25, -0.2) is 0 Å². The van der Waals surface area contributed by atoms with Gasteiger partial charge in [0.25, 0.3) is 5.91 Å². The summed E-state index contributed by atoms with van der Waals surface area (Å²) in [5, 5.41) is 4.21. The zero-order valence-corrected chi connectivity index (χ0v) is 16.7. The molecule has 144 valence electrons. The first kappa shape index (κ1) is 18.6. The zero-order valence-electron chi connectivity index (χ0n) is 15.9. The first-order valence-electron chi connectivity index (χ1n) is 9.54. The van der Waals surface area contributed by atoms with E-state index < -0.39 is 0 Å². The van der Waals surface area contributed by atoms with E-state index in [1.54, 1.807) is 7.11 Å². The molecule has 0 N–H and O–H groups in total. The average molecular weight is 394 g/mol. The van der Waals surface area contributed by atoms with Crippen LogP contribution in [0.3, 0.4) is 0 Å². The third-order valence-corrected chi connectivity index (χ3v) is 6.01. The first-order chi connectivity index (χ1) is 13.7. The highest BCUT2D eigenvalue weighted by atomic mass is 32.1. The van der Waals surface area contributed by atoms with Gasteiger partial charge in [-0.3, -0.25) is 4.79 Å². The molecule has 0 spiro atoms. The molecular formula is C22H23N3O2S. The van der Waals surface area contributed by atoms with Crippen molar-refractivity contribution in [2.45, 2.75) is 19.3 Å². The number of methoxy groups -OCH3 is 1. The normalized spacial score (nSPS) is 14.8. The Morgan fingerprint density at radius 1 is 1.14 bits per heavy atom. The van der Waals surface area contributed by atoms with Gasteiger partial charge >= 0.3 is 0 Å². The van der Waals surface area contributed by atoms with Crippen molar-refractivity contribution in [2.24, 2.45) is 5.92 Å². The Bertz CT molecular complexity index is 934. The van der Waals surface area contributed by atoms with Crippen molar-refractivity contribution in [3.63, 3.8) is 0 Å². The van der Waals surface area contributed by atoms with E-state index in [1.807, 2.05) is 35.2 Å². The molecule has 5 nitrogen and oxygen atoms in total. The Morgan fingerprint density at radius 3 is 2.68 bits per heavy atom. The maximum Gasteiger partial charge on any atom is 0.267 e. The molecule has 1 aromatic heterocycles. The monoisotopic (exact) mass is 393 g/mol. The fraction of sp³-hybridized carbons (Fsp3) is 0.318. The Kier molecular flexibility index (Phi) is 5.67. The number of hydrogen-bond donors (Lipinski definition) is 0. The minimum Gasteiger partial charge on any atom is -0.497 e. The molecule has 4 rings (SSSR count). The van der Waals surface area contributed by atoms with Crippen molar-refractivity contribution in [2.75, 3.05) is 20.2 Å². The summed E-state index contributed by atoms with van der Waals surface area (Å²) >= 11 is 1.17. The molecule has 6 heteroatoms. The van der Waals surface area contributed by atoms with Crippen molar-refractivity contribution in [1.29, 1.82) is 0 Å². The molecule has 2 heterocycles. The molecule has 1 aliphatic heterocycles. The third kappa shape index (κ3) is 4.07. The topological polar surface area (TPSA) is 55.3 Å². The van der Waals surface area contributed by atoms with E-state index in [-0.39, 0.29) is 5.91 Å². The van der Waals surface area contributed by atoms with Crippen molar-refractivity contribution in [3.05, 3.63) is 65.0 Å². The van der Waals surface area contributed by atoms with Crippen molar-refractivity contribution >= 4 is 17.4 Å². The van der Waals surface area contributed by atoms with E-state index in [1.165, 1.54) is 17.1 Å². The maximum absolute atomic E-state index is 13.1. The Balaban J connectivity index is 1.43. The Hall–Kier alpha value is -2.73. The lowest BCUT2D eigenvalue weighted by atomic mass is 9.90. The molecule has 0 saturated carbocycles. The van der Waals surface area contributed by atoms with E-state index >= 15 is 0 Å². The maximum atomic E-state index is 13.1. The van der Waals surface area contributed by atoms with Crippen LogP contribution in [-0.4, -0.2) is 40.6 Å². The van der Waals surface area contributed by atoms with E-state index in [2.05, 4.69) is 33.9 Å². The standard InChI is InChI=1S/C22H23N3O2S/c1-27-19-9-5-8-18(15-19)20-21(28-24-23-20)22(26)25-12-10-17(11-13-25)14-16-6-3-2-4-7-16/h2-9,15,17H,10-14H2,1H3. The fourth-order valence-corrected chi connectivity index (χ4v) is 4.38. The highest BCUT2D eigenvalue weighted by molar-refractivity contribution is 7.08. The Labute approximate surface area is 169 Å². The molecule has 0 aliphatic carbocycles. The minimum absolute atomic E-state index is 0.0333. The van der Waals surface area contributed by atoms with Gasteiger partial charge in [0.15, 0.2) is 0 Å². The molecule has 2 aromatic carbocycles. The van der Waals surface area contributed by atoms with Gasteiger partial charge in [-0.1, -0.05) is 47.0 Å². The SMILES string of the molecule is COc1cccc(-c2nnsc2C(=O)N2CCC(Cc3ccccc3)CC2)c1. The van der Waals surface area contributed by atoms with Crippen molar-refractivity contribution in [3.8, 4) is 17.0 Å². The van der Waals surface area contributed by atoms with E-state index in [0.717, 1.165) is 43.7 Å². The lowest BCUT2D eigenvalue weighted by molar-refractivity contribution is 0.0696. The molecule has 0 atom stereocenters. The fourth-order valence-electron chi connectivity index (χ4n) is 3.72. The highest BCUT2D eigenvalue weighted by Gasteiger charge is 2.27. The highest BCUT2D eigenvalue weighted by Crippen LogP contribution is 2.29. The molecule has 0 radical (unpaired) electrons. The number of ether oxygens (including phenoxy) is 1. The summed E-state index contributed by atoms with van der Waals surface area (Å²) in [5.41, 5.74) is 2.87. The molecule has 0 bridgehead atoms. The predicted molar refractivity (Wildman–Crippen MR) is 111 cm³/mol. The number of likely N-dealkylation sites (tertiary alicyclic amines) is 1. The lowest BCUT2D eigenvalue weighted by Gasteiger charge is -2.31. The molecule has 28 heavy (non-hydrogen) atoms. The van der Waals surface area contributed by atoms with Crippen LogP contribution in [-0.2, 0) is 6.42 Å². The summed E-state index contributed by atoms with van der Waals surface area (Å²) in [6.45, 7) is 1.57. The number of piperidine rings is 1. The van der Waals surface area contributed by atoms with E-state index in [0.29, 0.717) is 16.5 Å². The number of rotatable bonds is 5. The number of amides is 1. The van der Waals surface area contributed by atoms with Crippen LogP contribution in [0.5, 0.6) is 5.75 Å². The van der Waals surface area contributed by atoms with E-state index in [9.17, 15) is 4.79 Å². The van der Waals surface area contributed by atoms with Crippen LogP contribution < -0.4 is 4.74 Å². The average Bonchev–Trinajstić information content (AvgIpc) is 3.24. The summed E-state index contributed by atoms with van der Waals surface area (Å²) in [6.07, 6.45) is 3.14. The van der Waals surface area contributed by atoms with Gasteiger partial charge in [-0.15, -0.1) is 5.10 Å². The second kappa shape index (κ2) is 8.52. The van der Waals surface area contributed by atoms with E-state index in [4.69, 9.17) is 4.74 Å². The predicted octanol–water partition coefficient (Wildman–Crippen LogP) is 4.31. The summed E-state index contributed by atoms with van der Waals surface area (Å²) in [4.78, 5) is 15.7. The number of carbonyl (C=O) groups excluding carboxylic acids is 1. The third-order valence-electron chi connectivity index (χ3n) is 5.29. The number of benzene rings is 2. The molecule has 1 saturated heterocycles. The lowest BCUT2D eigenvalue weighted by Crippen LogP contribution is -2.38. The van der Waals surface area contributed by atoms with Gasteiger partial charge in [-0.2, -0.15) is 0 Å². The molecular weight excluding hydrogens is 370 g/mol. The number of nitrogens with zero attached hydrogens (tertiary/aromatic N) is 3. The van der Waals surface area contributed by atoms with Crippen molar-refractivity contribution < 1.29 is 9.53 Å². The number of hydrogen-bond acceptors (Lipinski definition) is 5. The van der Waals surface area contributed by atoms with Crippen LogP contribution in [0.1, 0.15) is 28.1 Å². The van der Waals surface area contributed by atoms with Gasteiger partial charge in [0.05, 0.1) is 7.11 Å². The summed E-state index contributed by atoms with van der Waals surface area (Å²) in [5.74, 6) is 1.40. The largest absolute Gasteiger partial charge is 0.497 e. The van der Waals surface area contributed by atoms with Crippen LogP contribution in [0.2, 0.25) is 0 Å². The van der Waals surface area contributed by atoms with Crippen LogP contribution >= 0.6 is 11.5 Å². The molecule has 1 aliphatic rings. The quantitative estimate of drug-likeness (QED) is 0.648. The van der Waals surface area contributed by atoms with Crippen LogP contribution in [0.4, 0.5) is 0 Å². The second-order valence-corrected chi connectivity index (χ2v) is 7.86. The second-order valence-electron chi connectivity index (χ2n) is 7.11. The first-order valence-corrected chi connectivity index (χ1v) is 10.3. The van der Waals surface area contributed by atoms with Gasteiger partial charge in [0, 0.05) is 18.7 Å². The van der Waals surface area contributed by atoms with Gasteiger partial charge in [-0.05, 0) is 54.4 Å². The zero-order chi connectivity index (χ0) is 19.3. The molecule has 0 unspecified atom stereocenters.